The van der Waals surface area contributed by atoms with E-state index < -0.39 is 12.0 Å². The van der Waals surface area contributed by atoms with E-state index in [1.807, 2.05) is 6.92 Å². The minimum absolute atomic E-state index is 0.0474. The summed E-state index contributed by atoms with van der Waals surface area (Å²) in [5, 5.41) is 14.6. The standard InChI is InChI=1S/C12H17N3O3/c1-3-14-11(16)7(2)15-10-5-4-8(13)6-9(10)12(17)18/h4-7,15H,3,13H2,1-2H3,(H,14,16)(H,17,18). The van der Waals surface area contributed by atoms with E-state index in [0.29, 0.717) is 17.9 Å². The molecule has 6 nitrogen and oxygen atoms in total. The van der Waals surface area contributed by atoms with Crippen molar-refractivity contribution >= 4 is 23.3 Å². The molecule has 98 valence electrons. The Kier molecular flexibility index (Phi) is 4.53. The zero-order valence-corrected chi connectivity index (χ0v) is 10.4. The highest BCUT2D eigenvalue weighted by Crippen LogP contribution is 2.19. The molecule has 0 aliphatic heterocycles. The summed E-state index contributed by atoms with van der Waals surface area (Å²) in [6.45, 7) is 4.00. The highest BCUT2D eigenvalue weighted by atomic mass is 16.4. The SMILES string of the molecule is CCNC(=O)C(C)Nc1ccc(N)cc1C(=O)O. The zero-order chi connectivity index (χ0) is 13.7. The van der Waals surface area contributed by atoms with Gasteiger partial charge in [0, 0.05) is 17.9 Å². The molecule has 0 aromatic heterocycles. The molecule has 1 aromatic carbocycles. The third-order valence-electron chi connectivity index (χ3n) is 2.39. The highest BCUT2D eigenvalue weighted by Gasteiger charge is 2.16. The molecule has 6 heteroatoms. The van der Waals surface area contributed by atoms with Crippen molar-refractivity contribution in [1.29, 1.82) is 0 Å². The summed E-state index contributed by atoms with van der Waals surface area (Å²) in [6, 6.07) is 3.97. The lowest BCUT2D eigenvalue weighted by molar-refractivity contribution is -0.121. The molecule has 0 fully saturated rings. The third-order valence-corrected chi connectivity index (χ3v) is 2.39. The van der Waals surface area contributed by atoms with Crippen molar-refractivity contribution in [2.75, 3.05) is 17.6 Å². The van der Waals surface area contributed by atoms with Gasteiger partial charge in [0.25, 0.3) is 0 Å². The number of anilines is 2. The Hall–Kier alpha value is -2.24. The van der Waals surface area contributed by atoms with Gasteiger partial charge < -0.3 is 21.5 Å². The number of carboxylic acids is 1. The average Bonchev–Trinajstić information content (AvgIpc) is 2.31. The van der Waals surface area contributed by atoms with Crippen molar-refractivity contribution in [3.63, 3.8) is 0 Å². The Labute approximate surface area is 105 Å². The lowest BCUT2D eigenvalue weighted by Crippen LogP contribution is -2.37. The molecule has 1 atom stereocenters. The minimum Gasteiger partial charge on any atom is -0.478 e. The van der Waals surface area contributed by atoms with Gasteiger partial charge in [-0.1, -0.05) is 0 Å². The maximum atomic E-state index is 11.5. The fourth-order valence-electron chi connectivity index (χ4n) is 1.49. The van der Waals surface area contributed by atoms with Crippen molar-refractivity contribution < 1.29 is 14.7 Å². The van der Waals surface area contributed by atoms with E-state index >= 15 is 0 Å². The quantitative estimate of drug-likeness (QED) is 0.582. The molecule has 0 saturated heterocycles. The summed E-state index contributed by atoms with van der Waals surface area (Å²) in [5.41, 5.74) is 6.32. The molecule has 0 bridgehead atoms. The summed E-state index contributed by atoms with van der Waals surface area (Å²) >= 11 is 0. The first-order valence-corrected chi connectivity index (χ1v) is 5.62. The zero-order valence-electron chi connectivity index (χ0n) is 10.4. The van der Waals surface area contributed by atoms with Crippen LogP contribution in [0, 0.1) is 0 Å². The molecule has 1 aromatic rings. The number of carbonyl (C=O) groups excluding carboxylic acids is 1. The molecule has 0 heterocycles. The Morgan fingerprint density at radius 2 is 2.11 bits per heavy atom. The van der Waals surface area contributed by atoms with Crippen molar-refractivity contribution in [2.45, 2.75) is 19.9 Å². The van der Waals surface area contributed by atoms with E-state index in [1.165, 1.54) is 6.07 Å². The van der Waals surface area contributed by atoms with Crippen LogP contribution in [0.5, 0.6) is 0 Å². The molecule has 1 amide bonds. The van der Waals surface area contributed by atoms with Crippen LogP contribution in [0.2, 0.25) is 0 Å². The number of carbonyl (C=O) groups is 2. The Bertz CT molecular complexity index is 460. The van der Waals surface area contributed by atoms with E-state index in [-0.39, 0.29) is 11.5 Å². The van der Waals surface area contributed by atoms with Crippen molar-refractivity contribution in [3.05, 3.63) is 23.8 Å². The summed E-state index contributed by atoms with van der Waals surface area (Å²) in [4.78, 5) is 22.6. The van der Waals surface area contributed by atoms with Gasteiger partial charge in [-0.2, -0.15) is 0 Å². The number of benzene rings is 1. The number of amides is 1. The number of nitrogens with two attached hydrogens (primary N) is 1. The lowest BCUT2D eigenvalue weighted by atomic mass is 10.1. The fourth-order valence-corrected chi connectivity index (χ4v) is 1.49. The van der Waals surface area contributed by atoms with Gasteiger partial charge in [0.1, 0.15) is 6.04 Å². The van der Waals surface area contributed by atoms with Crippen molar-refractivity contribution in [1.82, 2.24) is 5.32 Å². The predicted octanol–water partition coefficient (Wildman–Crippen LogP) is 0.903. The summed E-state index contributed by atoms with van der Waals surface area (Å²) in [6.07, 6.45) is 0. The molecule has 0 saturated carbocycles. The number of rotatable bonds is 5. The fraction of sp³-hybridized carbons (Fsp3) is 0.333. The van der Waals surface area contributed by atoms with Crippen LogP contribution in [-0.4, -0.2) is 29.6 Å². The molecular formula is C12H17N3O3. The van der Waals surface area contributed by atoms with Gasteiger partial charge in [-0.05, 0) is 32.0 Å². The number of hydrogen-bond acceptors (Lipinski definition) is 4. The number of aromatic carboxylic acids is 1. The lowest BCUT2D eigenvalue weighted by Gasteiger charge is -2.16. The van der Waals surface area contributed by atoms with Crippen LogP contribution in [0.3, 0.4) is 0 Å². The van der Waals surface area contributed by atoms with Gasteiger partial charge >= 0.3 is 5.97 Å². The molecule has 1 unspecified atom stereocenters. The van der Waals surface area contributed by atoms with Gasteiger partial charge in [0.05, 0.1) is 5.56 Å². The Morgan fingerprint density at radius 1 is 1.44 bits per heavy atom. The van der Waals surface area contributed by atoms with Crippen LogP contribution in [0.1, 0.15) is 24.2 Å². The maximum Gasteiger partial charge on any atom is 0.337 e. The minimum atomic E-state index is -1.09. The van der Waals surface area contributed by atoms with Gasteiger partial charge in [-0.3, -0.25) is 4.79 Å². The second-order valence-corrected chi connectivity index (χ2v) is 3.87. The first-order valence-electron chi connectivity index (χ1n) is 5.62. The molecule has 0 aliphatic carbocycles. The normalized spacial score (nSPS) is 11.7. The maximum absolute atomic E-state index is 11.5. The largest absolute Gasteiger partial charge is 0.478 e. The molecule has 5 N–H and O–H groups in total. The van der Waals surface area contributed by atoms with E-state index in [0.717, 1.165) is 0 Å². The van der Waals surface area contributed by atoms with Gasteiger partial charge in [0.2, 0.25) is 5.91 Å². The average molecular weight is 251 g/mol. The number of likely N-dealkylation sites (N-methyl/N-ethyl adjacent to an activating group) is 1. The van der Waals surface area contributed by atoms with E-state index in [4.69, 9.17) is 10.8 Å². The van der Waals surface area contributed by atoms with Gasteiger partial charge in [-0.25, -0.2) is 4.79 Å². The predicted molar refractivity (Wildman–Crippen MR) is 69.6 cm³/mol. The smallest absolute Gasteiger partial charge is 0.337 e. The molecular weight excluding hydrogens is 234 g/mol. The Balaban J connectivity index is 2.90. The third kappa shape index (κ3) is 3.38. The van der Waals surface area contributed by atoms with Crippen LogP contribution in [0.15, 0.2) is 18.2 Å². The first kappa shape index (κ1) is 13.8. The number of nitrogen functional groups attached to an aromatic ring is 1. The van der Waals surface area contributed by atoms with Crippen LogP contribution < -0.4 is 16.4 Å². The van der Waals surface area contributed by atoms with E-state index in [1.54, 1.807) is 19.1 Å². The summed E-state index contributed by atoms with van der Waals surface area (Å²) in [5.74, 6) is -1.28. The van der Waals surface area contributed by atoms with Crippen LogP contribution in [0.25, 0.3) is 0 Å². The molecule has 0 spiro atoms. The monoisotopic (exact) mass is 251 g/mol. The van der Waals surface area contributed by atoms with E-state index in [2.05, 4.69) is 10.6 Å². The number of hydrogen-bond donors (Lipinski definition) is 4. The van der Waals surface area contributed by atoms with Crippen molar-refractivity contribution in [2.24, 2.45) is 0 Å². The molecule has 18 heavy (non-hydrogen) atoms. The Morgan fingerprint density at radius 3 is 2.67 bits per heavy atom. The van der Waals surface area contributed by atoms with Crippen LogP contribution >= 0.6 is 0 Å². The molecule has 0 radical (unpaired) electrons. The summed E-state index contributed by atoms with van der Waals surface area (Å²) in [7, 11) is 0. The van der Waals surface area contributed by atoms with E-state index in [9.17, 15) is 9.59 Å². The molecule has 1 rings (SSSR count). The first-order chi connectivity index (χ1) is 8.45. The second kappa shape index (κ2) is 5.90. The number of nitrogens with one attached hydrogen (secondary N) is 2. The topological polar surface area (TPSA) is 104 Å². The van der Waals surface area contributed by atoms with Crippen molar-refractivity contribution in [3.8, 4) is 0 Å². The highest BCUT2D eigenvalue weighted by molar-refractivity contribution is 5.96. The second-order valence-electron chi connectivity index (χ2n) is 3.87. The van der Waals surface area contributed by atoms with Crippen LogP contribution in [0.4, 0.5) is 11.4 Å². The molecule has 0 aliphatic rings. The summed E-state index contributed by atoms with van der Waals surface area (Å²) < 4.78 is 0. The number of carboxylic acid groups (broad SMARTS) is 1. The van der Waals surface area contributed by atoms with Gasteiger partial charge in [-0.15, -0.1) is 0 Å². The van der Waals surface area contributed by atoms with Crippen LogP contribution in [-0.2, 0) is 4.79 Å². The van der Waals surface area contributed by atoms with Gasteiger partial charge in [0.15, 0.2) is 0 Å².